The van der Waals surface area contributed by atoms with Crippen LogP contribution >= 0.6 is 11.6 Å². The summed E-state index contributed by atoms with van der Waals surface area (Å²) in [5.74, 6) is 4.99. The Bertz CT molecular complexity index is 1250. The fraction of sp³-hybridized carbons (Fsp3) is 0.333. The summed E-state index contributed by atoms with van der Waals surface area (Å²) in [6.45, 7) is 3.42. The average Bonchev–Trinajstić information content (AvgIpc) is 3.06. The number of aromatic nitrogens is 4. The molecule has 0 saturated carbocycles. The van der Waals surface area contributed by atoms with E-state index >= 15 is 0 Å². The van der Waals surface area contributed by atoms with Crippen molar-refractivity contribution in [3.05, 3.63) is 62.0 Å². The van der Waals surface area contributed by atoms with E-state index in [9.17, 15) is 14.4 Å². The minimum Gasteiger partial charge on any atom is -0.465 e. The third kappa shape index (κ3) is 4.31. The number of fused-ring (bicyclic) bond motifs is 1. The zero-order chi connectivity index (χ0) is 21.7. The van der Waals surface area contributed by atoms with Gasteiger partial charge in [0.05, 0.1) is 13.2 Å². The molecule has 30 heavy (non-hydrogen) atoms. The highest BCUT2D eigenvalue weighted by Crippen LogP contribution is 2.16. The summed E-state index contributed by atoms with van der Waals surface area (Å²) in [6.07, 6.45) is 0.470. The molecular formula is C21H21ClN4O4. The molecule has 0 amide bonds. The molecule has 0 bridgehead atoms. The van der Waals surface area contributed by atoms with Gasteiger partial charge >= 0.3 is 11.7 Å². The molecule has 0 aliphatic rings. The summed E-state index contributed by atoms with van der Waals surface area (Å²) in [5.41, 5.74) is -0.0245. The maximum absolute atomic E-state index is 13.2. The summed E-state index contributed by atoms with van der Waals surface area (Å²) >= 11 is 6.23. The third-order valence-corrected chi connectivity index (χ3v) is 4.83. The van der Waals surface area contributed by atoms with Gasteiger partial charge in [0, 0.05) is 6.54 Å². The Kier molecular flexibility index (Phi) is 6.75. The number of ether oxygens (including phenoxy) is 1. The summed E-state index contributed by atoms with van der Waals surface area (Å²) in [5, 5.41) is 0.0164. The molecule has 0 atom stereocenters. The fourth-order valence-electron chi connectivity index (χ4n) is 3.13. The van der Waals surface area contributed by atoms with Crippen LogP contribution in [0, 0.1) is 11.8 Å². The number of carbonyl (C=O) groups excluding carboxylic acids is 1. The molecule has 2 heterocycles. The van der Waals surface area contributed by atoms with Crippen LogP contribution < -0.4 is 11.2 Å². The zero-order valence-corrected chi connectivity index (χ0v) is 17.5. The number of rotatable bonds is 7. The van der Waals surface area contributed by atoms with Crippen molar-refractivity contribution in [1.82, 2.24) is 18.7 Å². The van der Waals surface area contributed by atoms with Crippen molar-refractivity contribution in [3.8, 4) is 11.8 Å². The Balaban J connectivity index is 2.18. The number of benzene rings is 1. The highest BCUT2D eigenvalue weighted by Gasteiger charge is 2.22. The van der Waals surface area contributed by atoms with Gasteiger partial charge in [0.25, 0.3) is 5.56 Å². The summed E-state index contributed by atoms with van der Waals surface area (Å²) in [6, 6.07) is 9.50. The first-order valence-corrected chi connectivity index (χ1v) is 9.84. The Morgan fingerprint density at radius 3 is 2.57 bits per heavy atom. The maximum Gasteiger partial charge on any atom is 0.333 e. The largest absolute Gasteiger partial charge is 0.465 e. The summed E-state index contributed by atoms with van der Waals surface area (Å²) in [7, 11) is 0. The van der Waals surface area contributed by atoms with Gasteiger partial charge in [-0.25, -0.2) is 4.79 Å². The van der Waals surface area contributed by atoms with Crippen LogP contribution in [0.4, 0.5) is 0 Å². The number of hydrogen-bond donors (Lipinski definition) is 0. The molecule has 0 spiro atoms. The number of nitrogens with zero attached hydrogens (tertiary/aromatic N) is 4. The monoisotopic (exact) mass is 428 g/mol. The lowest BCUT2D eigenvalue weighted by Crippen LogP contribution is -2.42. The summed E-state index contributed by atoms with van der Waals surface area (Å²) < 4.78 is 8.64. The standard InChI is InChI=1S/C21H21ClN4O4/c1-3-5-12-24-17-18(23-20(24)22)26(14-16(27)30-4-2)21(29)25(19(17)28)13-11-15-9-7-6-8-10-15/h6-10H,4,11-14H2,1-2H3. The minimum absolute atomic E-state index is 0.0164. The summed E-state index contributed by atoms with van der Waals surface area (Å²) in [4.78, 5) is 42.5. The lowest BCUT2D eigenvalue weighted by Gasteiger charge is -2.12. The highest BCUT2D eigenvalue weighted by atomic mass is 35.5. The molecule has 9 heteroatoms. The van der Waals surface area contributed by atoms with Crippen molar-refractivity contribution in [3.63, 3.8) is 0 Å². The van der Waals surface area contributed by atoms with E-state index < -0.39 is 17.2 Å². The molecule has 0 aliphatic heterocycles. The van der Waals surface area contributed by atoms with Crippen molar-refractivity contribution in [2.75, 3.05) is 6.61 Å². The van der Waals surface area contributed by atoms with Crippen molar-refractivity contribution >= 4 is 28.7 Å². The smallest absolute Gasteiger partial charge is 0.333 e. The van der Waals surface area contributed by atoms with Gasteiger partial charge in [-0.05, 0) is 37.4 Å². The van der Waals surface area contributed by atoms with Crippen LogP contribution in [0.15, 0.2) is 39.9 Å². The van der Waals surface area contributed by atoms with Gasteiger partial charge in [-0.1, -0.05) is 36.3 Å². The first-order valence-electron chi connectivity index (χ1n) is 9.46. The van der Waals surface area contributed by atoms with E-state index in [2.05, 4.69) is 16.8 Å². The molecule has 0 aliphatic carbocycles. The number of carbonyl (C=O) groups is 1. The third-order valence-electron chi connectivity index (χ3n) is 4.54. The molecule has 0 N–H and O–H groups in total. The van der Waals surface area contributed by atoms with Crippen LogP contribution in [0.5, 0.6) is 0 Å². The Hall–Kier alpha value is -3.31. The van der Waals surface area contributed by atoms with Crippen LogP contribution in [0.2, 0.25) is 5.28 Å². The van der Waals surface area contributed by atoms with Gasteiger partial charge in [0.2, 0.25) is 5.28 Å². The van der Waals surface area contributed by atoms with Crippen molar-refractivity contribution < 1.29 is 9.53 Å². The second-order valence-corrected chi connectivity index (χ2v) is 6.77. The van der Waals surface area contributed by atoms with E-state index in [1.54, 1.807) is 13.8 Å². The lowest BCUT2D eigenvalue weighted by atomic mass is 10.1. The van der Waals surface area contributed by atoms with Crippen LogP contribution in [-0.4, -0.2) is 31.3 Å². The van der Waals surface area contributed by atoms with Crippen molar-refractivity contribution in [2.45, 2.75) is 39.9 Å². The van der Waals surface area contributed by atoms with Gasteiger partial charge in [-0.3, -0.25) is 23.3 Å². The van der Waals surface area contributed by atoms with Crippen LogP contribution in [0.3, 0.4) is 0 Å². The Morgan fingerprint density at radius 2 is 1.90 bits per heavy atom. The molecule has 8 nitrogen and oxygen atoms in total. The molecule has 3 aromatic rings. The number of imidazole rings is 1. The predicted octanol–water partition coefficient (Wildman–Crippen LogP) is 1.84. The molecule has 2 aromatic heterocycles. The first kappa shape index (κ1) is 21.4. The molecular weight excluding hydrogens is 408 g/mol. The average molecular weight is 429 g/mol. The van der Waals surface area contributed by atoms with E-state index in [1.807, 2.05) is 30.3 Å². The topological polar surface area (TPSA) is 88.1 Å². The first-order chi connectivity index (χ1) is 14.5. The second kappa shape index (κ2) is 9.46. The van der Waals surface area contributed by atoms with Gasteiger partial charge in [0.15, 0.2) is 11.2 Å². The maximum atomic E-state index is 13.2. The van der Waals surface area contributed by atoms with Crippen molar-refractivity contribution in [1.29, 1.82) is 0 Å². The van der Waals surface area contributed by atoms with Crippen LogP contribution in [0.1, 0.15) is 19.4 Å². The second-order valence-electron chi connectivity index (χ2n) is 6.43. The molecule has 0 fully saturated rings. The van der Waals surface area contributed by atoms with Crippen LogP contribution in [-0.2, 0) is 35.6 Å². The zero-order valence-electron chi connectivity index (χ0n) is 16.7. The van der Waals surface area contributed by atoms with E-state index in [0.29, 0.717) is 6.42 Å². The van der Waals surface area contributed by atoms with Crippen molar-refractivity contribution in [2.24, 2.45) is 0 Å². The van der Waals surface area contributed by atoms with E-state index in [-0.39, 0.29) is 42.7 Å². The van der Waals surface area contributed by atoms with Gasteiger partial charge in [-0.15, -0.1) is 5.92 Å². The van der Waals surface area contributed by atoms with E-state index in [4.69, 9.17) is 16.3 Å². The number of halogens is 1. The van der Waals surface area contributed by atoms with Gasteiger partial charge in [-0.2, -0.15) is 4.98 Å². The molecule has 156 valence electrons. The molecule has 1 aromatic carbocycles. The predicted molar refractivity (Wildman–Crippen MR) is 113 cm³/mol. The molecule has 3 rings (SSSR count). The highest BCUT2D eigenvalue weighted by molar-refractivity contribution is 6.29. The fourth-order valence-corrected chi connectivity index (χ4v) is 3.35. The van der Waals surface area contributed by atoms with Gasteiger partial charge < -0.3 is 4.74 Å². The normalized spacial score (nSPS) is 10.6. The number of hydrogen-bond acceptors (Lipinski definition) is 5. The Labute approximate surface area is 177 Å². The van der Waals surface area contributed by atoms with Gasteiger partial charge in [0.1, 0.15) is 6.54 Å². The minimum atomic E-state index is -0.639. The van der Waals surface area contributed by atoms with Crippen LogP contribution in [0.25, 0.3) is 11.2 Å². The SMILES string of the molecule is CC#CCn1c(Cl)nc2c1c(=O)n(CCc1ccccc1)c(=O)n2CC(=O)OCC. The molecule has 0 radical (unpaired) electrons. The quantitative estimate of drug-likeness (QED) is 0.325. The number of aryl methyl sites for hydroxylation is 1. The molecule has 0 saturated heterocycles. The van der Waals surface area contributed by atoms with E-state index in [0.717, 1.165) is 14.7 Å². The lowest BCUT2D eigenvalue weighted by molar-refractivity contribution is -0.143. The van der Waals surface area contributed by atoms with E-state index in [1.165, 1.54) is 4.57 Å². The Morgan fingerprint density at radius 1 is 1.17 bits per heavy atom. The molecule has 0 unspecified atom stereocenters. The number of esters is 1.